The summed E-state index contributed by atoms with van der Waals surface area (Å²) >= 11 is 0. The maximum absolute atomic E-state index is 13.0. The first kappa shape index (κ1) is 10.4. The Morgan fingerprint density at radius 3 is 2.44 bits per heavy atom. The first-order chi connectivity index (χ1) is 7.68. The summed E-state index contributed by atoms with van der Waals surface area (Å²) in [5.41, 5.74) is 0.393. The molecule has 1 unspecified atom stereocenters. The molecule has 0 spiro atoms. The molecule has 2 bridgehead atoms. The van der Waals surface area contributed by atoms with E-state index in [1.807, 2.05) is 37.0 Å². The van der Waals surface area contributed by atoms with Crippen LogP contribution in [-0.2, 0) is 4.57 Å². The first-order valence-corrected chi connectivity index (χ1v) is 8.21. The van der Waals surface area contributed by atoms with E-state index in [2.05, 4.69) is 12.2 Å². The molecule has 0 saturated heterocycles. The fraction of sp³-hybridized carbons (Fsp3) is 0.429. The number of fused-ring (bicyclic) bond motifs is 2. The van der Waals surface area contributed by atoms with Crippen molar-refractivity contribution in [3.8, 4) is 0 Å². The van der Waals surface area contributed by atoms with Crippen molar-refractivity contribution >= 4 is 12.4 Å². The van der Waals surface area contributed by atoms with Crippen LogP contribution in [0.3, 0.4) is 0 Å². The van der Waals surface area contributed by atoms with Crippen molar-refractivity contribution in [2.24, 2.45) is 11.8 Å². The average molecular weight is 232 g/mol. The van der Waals surface area contributed by atoms with E-state index in [0.717, 1.165) is 11.7 Å². The minimum Gasteiger partial charge on any atom is -0.319 e. The van der Waals surface area contributed by atoms with E-state index >= 15 is 0 Å². The molecule has 0 aliphatic heterocycles. The van der Waals surface area contributed by atoms with Crippen molar-refractivity contribution in [1.29, 1.82) is 0 Å². The zero-order valence-corrected chi connectivity index (χ0v) is 10.4. The van der Waals surface area contributed by atoms with Gasteiger partial charge in [0.1, 0.15) is 7.14 Å². The second-order valence-corrected chi connectivity index (χ2v) is 8.33. The van der Waals surface area contributed by atoms with E-state index in [0.29, 0.717) is 17.5 Å². The van der Waals surface area contributed by atoms with Crippen molar-refractivity contribution in [3.05, 3.63) is 42.5 Å². The third-order valence-corrected chi connectivity index (χ3v) is 7.33. The van der Waals surface area contributed by atoms with Gasteiger partial charge < -0.3 is 4.57 Å². The van der Waals surface area contributed by atoms with E-state index in [1.54, 1.807) is 0 Å². The normalized spacial score (nSPS) is 35.2. The molecule has 1 saturated carbocycles. The number of allylic oxidation sites excluding steroid dienone is 2. The zero-order chi connectivity index (χ0) is 11.2. The molecule has 2 heteroatoms. The van der Waals surface area contributed by atoms with Crippen molar-refractivity contribution in [2.45, 2.75) is 18.5 Å². The Bertz CT molecular complexity index is 463. The standard InChI is InChI=1S/C14H17OP/c1-16(15,13-5-3-2-4-6-13)14-10-11-7-8-12(14)9-11/h2-8,11-12,14H,9-10H2,1H3/t11-,12+,14-,16?/m1/s1. The second-order valence-electron chi connectivity index (χ2n) is 5.17. The summed E-state index contributed by atoms with van der Waals surface area (Å²) < 4.78 is 13.0. The average Bonchev–Trinajstić information content (AvgIpc) is 2.92. The van der Waals surface area contributed by atoms with E-state index in [-0.39, 0.29) is 0 Å². The Hall–Kier alpha value is -0.810. The van der Waals surface area contributed by atoms with Crippen LogP contribution in [0.25, 0.3) is 0 Å². The molecule has 0 heterocycles. The maximum Gasteiger partial charge on any atom is 0.116 e. The van der Waals surface area contributed by atoms with Crippen LogP contribution in [0.1, 0.15) is 12.8 Å². The lowest BCUT2D eigenvalue weighted by Gasteiger charge is -2.26. The number of rotatable bonds is 2. The highest BCUT2D eigenvalue weighted by Gasteiger charge is 2.44. The largest absolute Gasteiger partial charge is 0.319 e. The van der Waals surface area contributed by atoms with Crippen LogP contribution in [0.2, 0.25) is 0 Å². The summed E-state index contributed by atoms with van der Waals surface area (Å²) in [6, 6.07) is 10.0. The van der Waals surface area contributed by atoms with Gasteiger partial charge in [0, 0.05) is 11.0 Å². The number of benzene rings is 1. The topological polar surface area (TPSA) is 17.1 Å². The van der Waals surface area contributed by atoms with Crippen LogP contribution >= 0.6 is 7.14 Å². The van der Waals surface area contributed by atoms with Gasteiger partial charge in [-0.05, 0) is 31.3 Å². The van der Waals surface area contributed by atoms with Crippen LogP contribution in [0, 0.1) is 11.8 Å². The predicted molar refractivity (Wildman–Crippen MR) is 68.7 cm³/mol. The molecule has 2 aliphatic carbocycles. The monoisotopic (exact) mass is 232 g/mol. The highest BCUT2D eigenvalue weighted by atomic mass is 31.2. The van der Waals surface area contributed by atoms with Crippen molar-refractivity contribution in [2.75, 3.05) is 6.66 Å². The van der Waals surface area contributed by atoms with Gasteiger partial charge in [-0.3, -0.25) is 0 Å². The van der Waals surface area contributed by atoms with Gasteiger partial charge in [-0.2, -0.15) is 0 Å². The Labute approximate surface area is 96.9 Å². The Morgan fingerprint density at radius 2 is 1.88 bits per heavy atom. The number of hydrogen-bond acceptors (Lipinski definition) is 1. The molecular formula is C14H17OP. The molecule has 1 nitrogen and oxygen atoms in total. The van der Waals surface area contributed by atoms with Gasteiger partial charge in [-0.1, -0.05) is 42.5 Å². The van der Waals surface area contributed by atoms with Gasteiger partial charge in [-0.15, -0.1) is 0 Å². The third kappa shape index (κ3) is 1.50. The van der Waals surface area contributed by atoms with Gasteiger partial charge in [0.2, 0.25) is 0 Å². The van der Waals surface area contributed by atoms with Crippen LogP contribution in [0.15, 0.2) is 42.5 Å². The molecule has 4 atom stereocenters. The maximum atomic E-state index is 13.0. The summed E-state index contributed by atoms with van der Waals surface area (Å²) in [5.74, 6) is 1.27. The van der Waals surface area contributed by atoms with Gasteiger partial charge in [0.15, 0.2) is 0 Å². The van der Waals surface area contributed by atoms with Crippen molar-refractivity contribution in [3.63, 3.8) is 0 Å². The smallest absolute Gasteiger partial charge is 0.116 e. The lowest BCUT2D eigenvalue weighted by molar-refractivity contribution is 0.561. The zero-order valence-electron chi connectivity index (χ0n) is 9.54. The van der Waals surface area contributed by atoms with Crippen molar-refractivity contribution in [1.82, 2.24) is 0 Å². The lowest BCUT2D eigenvalue weighted by Crippen LogP contribution is -2.20. The van der Waals surface area contributed by atoms with Crippen LogP contribution in [0.5, 0.6) is 0 Å². The molecule has 2 aliphatic rings. The highest BCUT2D eigenvalue weighted by Crippen LogP contribution is 2.58. The summed E-state index contributed by atoms with van der Waals surface area (Å²) in [7, 11) is -2.19. The van der Waals surface area contributed by atoms with Crippen LogP contribution < -0.4 is 5.30 Å². The Morgan fingerprint density at radius 1 is 1.12 bits per heavy atom. The molecule has 1 aromatic carbocycles. The molecule has 1 aromatic rings. The van der Waals surface area contributed by atoms with Gasteiger partial charge >= 0.3 is 0 Å². The second kappa shape index (κ2) is 3.60. The minimum atomic E-state index is -2.19. The van der Waals surface area contributed by atoms with E-state index in [4.69, 9.17) is 0 Å². The molecule has 1 fully saturated rings. The van der Waals surface area contributed by atoms with E-state index < -0.39 is 7.14 Å². The summed E-state index contributed by atoms with van der Waals surface area (Å²) in [6.45, 7) is 1.97. The number of hydrogen-bond donors (Lipinski definition) is 0. The molecular weight excluding hydrogens is 215 g/mol. The molecule has 0 N–H and O–H groups in total. The molecule has 16 heavy (non-hydrogen) atoms. The van der Waals surface area contributed by atoms with Crippen LogP contribution in [0.4, 0.5) is 0 Å². The Balaban J connectivity index is 1.95. The Kier molecular flexibility index (Phi) is 2.33. The van der Waals surface area contributed by atoms with E-state index in [1.165, 1.54) is 6.42 Å². The third-order valence-electron chi connectivity index (χ3n) is 4.15. The summed E-state index contributed by atoms with van der Waals surface area (Å²) in [6.07, 6.45) is 6.96. The fourth-order valence-corrected chi connectivity index (χ4v) is 6.01. The fourth-order valence-electron chi connectivity index (χ4n) is 3.23. The van der Waals surface area contributed by atoms with Gasteiger partial charge in [0.25, 0.3) is 0 Å². The molecule has 0 aromatic heterocycles. The lowest BCUT2D eigenvalue weighted by atomic mass is 10.1. The highest BCUT2D eigenvalue weighted by molar-refractivity contribution is 7.71. The molecule has 0 amide bonds. The molecule has 84 valence electrons. The van der Waals surface area contributed by atoms with E-state index in [9.17, 15) is 4.57 Å². The van der Waals surface area contributed by atoms with Gasteiger partial charge in [0.05, 0.1) is 0 Å². The van der Waals surface area contributed by atoms with Gasteiger partial charge in [-0.25, -0.2) is 0 Å². The quantitative estimate of drug-likeness (QED) is 0.565. The minimum absolute atomic E-state index is 0.393. The predicted octanol–water partition coefficient (Wildman–Crippen LogP) is 3.27. The van der Waals surface area contributed by atoms with Crippen LogP contribution in [-0.4, -0.2) is 12.3 Å². The van der Waals surface area contributed by atoms with Crippen molar-refractivity contribution < 1.29 is 4.57 Å². The SMILES string of the molecule is CP(=O)(c1ccccc1)[C@@H]1C[C@@H]2C=C[C@H]1C2. The molecule has 0 radical (unpaired) electrons. The molecule has 3 rings (SSSR count). The summed E-state index contributed by atoms with van der Waals surface area (Å²) in [5, 5.41) is 1.06. The first-order valence-electron chi connectivity index (χ1n) is 5.99. The summed E-state index contributed by atoms with van der Waals surface area (Å²) in [4.78, 5) is 0.